The van der Waals surface area contributed by atoms with Gasteiger partial charge in [-0.1, -0.05) is 0 Å². The summed E-state index contributed by atoms with van der Waals surface area (Å²) in [6.07, 6.45) is 1.38. The van der Waals surface area contributed by atoms with Crippen molar-refractivity contribution in [1.29, 1.82) is 0 Å². The molecule has 0 heterocycles. The molecule has 0 rings (SSSR count). The zero-order valence-corrected chi connectivity index (χ0v) is 5.41. The fourth-order valence-corrected chi connectivity index (χ4v) is 0.287. The lowest BCUT2D eigenvalue weighted by Gasteiger charge is -1.87. The van der Waals surface area contributed by atoms with E-state index in [0.29, 0.717) is 12.2 Å². The van der Waals surface area contributed by atoms with Gasteiger partial charge in [0.15, 0.2) is 0 Å². The predicted molar refractivity (Wildman–Crippen MR) is 42.0 cm³/mol. The summed E-state index contributed by atoms with van der Waals surface area (Å²) in [4.78, 5) is 10.8. The molecule has 0 N–H and O–H groups in total. The smallest absolute Gasteiger partial charge is 0.138 e. The second-order valence-electron chi connectivity index (χ2n) is 1.38. The van der Waals surface area contributed by atoms with Crippen LogP contribution in [0.15, 0.2) is 15.0 Å². The molecule has 4 heteroatoms. The number of aliphatic imine (C=N–C) groups is 3. The third-order valence-electron chi connectivity index (χ3n) is 0.613. The second-order valence-corrected chi connectivity index (χ2v) is 1.38. The van der Waals surface area contributed by atoms with Crippen LogP contribution in [0.2, 0.25) is 0 Å². The van der Waals surface area contributed by atoms with Gasteiger partial charge in [-0.05, 0) is 12.3 Å². The number of hydrogen-bond donors (Lipinski definition) is 0. The lowest BCUT2D eigenvalue weighted by atomic mass is 10.0. The van der Waals surface area contributed by atoms with Crippen LogP contribution in [0.5, 0.6) is 0 Å². The van der Waals surface area contributed by atoms with Crippen LogP contribution in [-0.2, 0) is 0 Å². The van der Waals surface area contributed by atoms with Crippen LogP contribution in [0.3, 0.4) is 0 Å². The Morgan fingerprint density at radius 3 is 2.89 bits per heavy atom. The summed E-state index contributed by atoms with van der Waals surface area (Å²) >= 11 is 0. The van der Waals surface area contributed by atoms with Gasteiger partial charge in [-0.2, -0.15) is 0 Å². The van der Waals surface area contributed by atoms with Crippen LogP contribution < -0.4 is 0 Å². The van der Waals surface area contributed by atoms with E-state index in [-0.39, 0.29) is 0 Å². The zero-order valence-electron chi connectivity index (χ0n) is 5.41. The first kappa shape index (κ1) is 8.07. The Kier molecular flexibility index (Phi) is 4.68. The molecule has 0 aliphatic rings. The van der Waals surface area contributed by atoms with Crippen molar-refractivity contribution in [3.8, 4) is 0 Å². The highest BCUT2D eigenvalue weighted by molar-refractivity contribution is 6.61. The van der Waals surface area contributed by atoms with Gasteiger partial charge < -0.3 is 0 Å². The van der Waals surface area contributed by atoms with Crippen molar-refractivity contribution < 1.29 is 0 Å². The summed E-state index contributed by atoms with van der Waals surface area (Å²) in [5.41, 5.74) is 0.426. The maximum atomic E-state index is 5.30. The van der Waals surface area contributed by atoms with Crippen molar-refractivity contribution in [2.75, 3.05) is 13.6 Å². The first-order chi connectivity index (χ1) is 4.31. The van der Waals surface area contributed by atoms with E-state index in [1.807, 2.05) is 0 Å². The molecule has 2 radical (unpaired) electrons. The molecule has 0 amide bonds. The van der Waals surface area contributed by atoms with Gasteiger partial charge in [-0.15, -0.1) is 0 Å². The van der Waals surface area contributed by atoms with Crippen molar-refractivity contribution in [3.05, 3.63) is 0 Å². The number of nitrogens with zero attached hydrogens (tertiary/aromatic N) is 3. The van der Waals surface area contributed by atoms with Crippen molar-refractivity contribution >= 4 is 26.5 Å². The molecular formula is C5H8BN3. The molecule has 0 aliphatic carbocycles. The molecule has 0 saturated carbocycles. The maximum Gasteiger partial charge on any atom is 0.138 e. The third-order valence-corrected chi connectivity index (χ3v) is 0.613. The molecule has 0 atom stereocenters. The molecular weight excluding hydrogens is 113 g/mol. The third kappa shape index (κ3) is 4.94. The normalized spacial score (nSPS) is 12.3. The SMILES string of the molecule is [B]C(CN=C)=NC=NC. The summed E-state index contributed by atoms with van der Waals surface area (Å²) in [6.45, 7) is 3.62. The maximum absolute atomic E-state index is 5.30. The van der Waals surface area contributed by atoms with Gasteiger partial charge >= 0.3 is 0 Å². The fraction of sp³-hybridized carbons (Fsp3) is 0.400. The predicted octanol–water partition coefficient (Wildman–Crippen LogP) is -0.0879. The summed E-state index contributed by atoms with van der Waals surface area (Å²) in [6, 6.07) is 0. The number of hydrogen-bond acceptors (Lipinski definition) is 2. The van der Waals surface area contributed by atoms with Crippen LogP contribution in [0.25, 0.3) is 0 Å². The highest BCUT2D eigenvalue weighted by Crippen LogP contribution is 1.70. The Labute approximate surface area is 56.0 Å². The van der Waals surface area contributed by atoms with E-state index in [0.717, 1.165) is 0 Å². The summed E-state index contributed by atoms with van der Waals surface area (Å²) in [5.74, 6) is 0. The highest BCUT2D eigenvalue weighted by Gasteiger charge is 1.81. The van der Waals surface area contributed by atoms with Gasteiger partial charge in [0.2, 0.25) is 0 Å². The highest BCUT2D eigenvalue weighted by atomic mass is 14.8. The molecule has 0 spiro atoms. The molecule has 0 saturated heterocycles. The lowest BCUT2D eigenvalue weighted by molar-refractivity contribution is 1.34. The molecule has 0 aliphatic heterocycles. The second kappa shape index (κ2) is 5.22. The summed E-state index contributed by atoms with van der Waals surface area (Å²) in [5, 5.41) is 0. The van der Waals surface area contributed by atoms with Crippen LogP contribution >= 0.6 is 0 Å². The van der Waals surface area contributed by atoms with Crippen LogP contribution in [0.1, 0.15) is 0 Å². The topological polar surface area (TPSA) is 37.1 Å². The van der Waals surface area contributed by atoms with Gasteiger partial charge in [0.25, 0.3) is 0 Å². The quantitative estimate of drug-likeness (QED) is 0.284. The molecule has 0 aromatic heterocycles. The largest absolute Gasteiger partial charge is 0.296 e. The number of rotatable bonds is 3. The monoisotopic (exact) mass is 121 g/mol. The molecule has 3 nitrogen and oxygen atoms in total. The minimum atomic E-state index is 0.367. The standard InChI is InChI=1S/C5H8BN3/c1-7-3-5(6)9-4-8-2/h4H,1,3H2,2H3. The molecule has 46 valence electrons. The minimum Gasteiger partial charge on any atom is -0.296 e. The first-order valence-corrected chi connectivity index (χ1v) is 2.46. The van der Waals surface area contributed by atoms with Crippen molar-refractivity contribution in [1.82, 2.24) is 0 Å². The lowest BCUT2D eigenvalue weighted by Crippen LogP contribution is -2.01. The molecule has 9 heavy (non-hydrogen) atoms. The Morgan fingerprint density at radius 1 is 1.78 bits per heavy atom. The molecule has 0 fully saturated rings. The fourth-order valence-electron chi connectivity index (χ4n) is 0.287. The summed E-state index contributed by atoms with van der Waals surface area (Å²) in [7, 11) is 6.92. The van der Waals surface area contributed by atoms with Gasteiger partial charge in [0.05, 0.1) is 6.54 Å². The average molecular weight is 121 g/mol. The molecule has 0 aromatic carbocycles. The van der Waals surface area contributed by atoms with E-state index < -0.39 is 0 Å². The van der Waals surface area contributed by atoms with E-state index in [1.165, 1.54) is 6.34 Å². The van der Waals surface area contributed by atoms with Crippen LogP contribution in [0.4, 0.5) is 0 Å². The van der Waals surface area contributed by atoms with E-state index in [1.54, 1.807) is 7.05 Å². The molecule has 0 bridgehead atoms. The Hall–Kier alpha value is -0.925. The van der Waals surface area contributed by atoms with Crippen LogP contribution in [0, 0.1) is 0 Å². The Morgan fingerprint density at radius 2 is 2.44 bits per heavy atom. The molecule has 0 unspecified atom stereocenters. The zero-order chi connectivity index (χ0) is 7.11. The first-order valence-electron chi connectivity index (χ1n) is 2.46. The molecule has 0 aromatic rings. The Bertz CT molecular complexity index is 139. The van der Waals surface area contributed by atoms with E-state index in [2.05, 4.69) is 21.7 Å². The van der Waals surface area contributed by atoms with E-state index >= 15 is 0 Å². The minimum absolute atomic E-state index is 0.367. The average Bonchev–Trinajstić information content (AvgIpc) is 1.85. The Balaban J connectivity index is 3.68. The van der Waals surface area contributed by atoms with E-state index in [9.17, 15) is 0 Å². The van der Waals surface area contributed by atoms with Crippen molar-refractivity contribution in [2.45, 2.75) is 0 Å². The summed E-state index contributed by atoms with van der Waals surface area (Å²) < 4.78 is 0. The van der Waals surface area contributed by atoms with Crippen molar-refractivity contribution in [2.24, 2.45) is 15.0 Å². The van der Waals surface area contributed by atoms with Gasteiger partial charge in [-0.3, -0.25) is 15.0 Å². The van der Waals surface area contributed by atoms with Crippen molar-refractivity contribution in [3.63, 3.8) is 0 Å². The van der Waals surface area contributed by atoms with Crippen LogP contribution in [-0.4, -0.2) is 40.1 Å². The van der Waals surface area contributed by atoms with Gasteiger partial charge in [0.1, 0.15) is 14.2 Å². The van der Waals surface area contributed by atoms with Gasteiger partial charge in [-0.25, -0.2) is 0 Å². The van der Waals surface area contributed by atoms with Gasteiger partial charge in [0, 0.05) is 7.05 Å². The van der Waals surface area contributed by atoms with E-state index in [4.69, 9.17) is 7.85 Å².